The second kappa shape index (κ2) is 8.84. The maximum atomic E-state index is 9.55. The Kier molecular flexibility index (Phi) is 7.63. The molecule has 0 radical (unpaired) electrons. The number of pyridine rings is 1. The van der Waals surface area contributed by atoms with E-state index in [1.807, 2.05) is 0 Å². The fraction of sp³-hybridized carbons (Fsp3) is 0.615. The zero-order chi connectivity index (χ0) is 11.6. The van der Waals surface area contributed by atoms with Crippen LogP contribution in [0.3, 0.4) is 0 Å². The van der Waals surface area contributed by atoms with Gasteiger partial charge in [0.25, 0.3) is 0 Å². The molecule has 2 nitrogen and oxygen atoms in total. The van der Waals surface area contributed by atoms with Crippen LogP contribution in [0.25, 0.3) is 0 Å². The van der Waals surface area contributed by atoms with Gasteiger partial charge in [-0.05, 0) is 0 Å². The molecule has 1 N–H and O–H groups in total. The molecule has 0 aliphatic carbocycles. The summed E-state index contributed by atoms with van der Waals surface area (Å²) in [6.45, 7) is 2.25. The van der Waals surface area contributed by atoms with Crippen LogP contribution in [0.4, 0.5) is 0 Å². The molecule has 0 amide bonds. The van der Waals surface area contributed by atoms with Crippen LogP contribution < -0.4 is 3.74 Å². The Balaban J connectivity index is 2.05. The first-order valence-corrected chi connectivity index (χ1v) is 8.92. The van der Waals surface area contributed by atoms with Crippen molar-refractivity contribution in [3.05, 3.63) is 18.3 Å². The van der Waals surface area contributed by atoms with Crippen LogP contribution in [-0.2, 0) is 0 Å². The first-order chi connectivity index (χ1) is 7.84. The van der Waals surface area contributed by atoms with Crippen LogP contribution in [-0.4, -0.2) is 31.0 Å². The van der Waals surface area contributed by atoms with Gasteiger partial charge in [0.15, 0.2) is 0 Å². The number of aromatic nitrogens is 1. The van der Waals surface area contributed by atoms with Gasteiger partial charge in [-0.2, -0.15) is 0 Å². The number of hydrogen-bond acceptors (Lipinski definition) is 2. The summed E-state index contributed by atoms with van der Waals surface area (Å²) in [5.74, 6) is 0.399. The summed E-state index contributed by atoms with van der Waals surface area (Å²) in [6, 6.07) is 3.53. The van der Waals surface area contributed by atoms with Crippen LogP contribution in [0.1, 0.15) is 45.4 Å². The Bertz CT molecular complexity index is 291. The van der Waals surface area contributed by atoms with Crippen LogP contribution in [0.2, 0.25) is 4.47 Å². The average molecular weight is 335 g/mol. The summed E-state index contributed by atoms with van der Waals surface area (Å²) in [7, 11) is 0. The fourth-order valence-corrected chi connectivity index (χ4v) is 4.09. The summed E-state index contributed by atoms with van der Waals surface area (Å²) in [4.78, 5) is 4.23. The molecule has 0 spiro atoms. The molecule has 16 heavy (non-hydrogen) atoms. The molecule has 1 aromatic heterocycles. The van der Waals surface area contributed by atoms with Gasteiger partial charge in [-0.15, -0.1) is 0 Å². The van der Waals surface area contributed by atoms with Crippen LogP contribution >= 0.6 is 0 Å². The normalized spacial score (nSPS) is 10.6. The molecule has 0 saturated carbocycles. The second-order valence-corrected chi connectivity index (χ2v) is 7.04. The van der Waals surface area contributed by atoms with Crippen molar-refractivity contribution in [3.63, 3.8) is 0 Å². The molecule has 90 valence electrons. The van der Waals surface area contributed by atoms with Crippen LogP contribution in [0, 0.1) is 0 Å². The maximum absolute atomic E-state index is 9.55. The molecule has 1 rings (SSSR count). The Hall–Kier alpha value is -0.260. The molecule has 0 saturated heterocycles. The number of hydrogen-bond donors (Lipinski definition) is 1. The summed E-state index contributed by atoms with van der Waals surface area (Å²) in [5, 5.41) is 9.55. The van der Waals surface area contributed by atoms with E-state index < -0.39 is 0 Å². The molecule has 0 aromatic carbocycles. The van der Waals surface area contributed by atoms with Crippen molar-refractivity contribution in [1.82, 2.24) is 4.98 Å². The van der Waals surface area contributed by atoms with Crippen molar-refractivity contribution in [2.45, 2.75) is 49.9 Å². The predicted molar refractivity (Wildman–Crippen MR) is 69.5 cm³/mol. The minimum atomic E-state index is -0.261. The van der Waals surface area contributed by atoms with E-state index >= 15 is 0 Å². The Morgan fingerprint density at radius 2 is 1.94 bits per heavy atom. The van der Waals surface area contributed by atoms with Gasteiger partial charge < -0.3 is 0 Å². The van der Waals surface area contributed by atoms with Gasteiger partial charge in [0.1, 0.15) is 0 Å². The number of unbranched alkanes of at least 4 members (excludes halogenated alkanes) is 5. The monoisotopic (exact) mass is 337 g/mol. The fourth-order valence-electron chi connectivity index (χ4n) is 1.54. The zero-order valence-corrected chi connectivity index (χ0v) is 12.3. The Morgan fingerprint density at radius 1 is 1.19 bits per heavy atom. The van der Waals surface area contributed by atoms with Gasteiger partial charge >= 0.3 is 109 Å². The third-order valence-corrected chi connectivity index (χ3v) is 5.57. The average Bonchev–Trinajstić information content (AvgIpc) is 2.30. The van der Waals surface area contributed by atoms with Crippen LogP contribution in [0.5, 0.6) is 5.75 Å². The molecular weight excluding hydrogens is 314 g/mol. The summed E-state index contributed by atoms with van der Waals surface area (Å²) < 4.78 is 2.24. The molecule has 0 bridgehead atoms. The van der Waals surface area contributed by atoms with Crippen molar-refractivity contribution < 1.29 is 5.11 Å². The summed E-state index contributed by atoms with van der Waals surface area (Å²) >= 11 is -0.261. The molecule has 1 heterocycles. The number of rotatable bonds is 8. The van der Waals surface area contributed by atoms with E-state index in [0.29, 0.717) is 5.75 Å². The van der Waals surface area contributed by atoms with Gasteiger partial charge in [0.2, 0.25) is 0 Å². The minimum absolute atomic E-state index is 0.261. The third kappa shape index (κ3) is 5.72. The molecule has 0 unspecified atom stereocenters. The Labute approximate surface area is 109 Å². The van der Waals surface area contributed by atoms with Gasteiger partial charge in [0.05, 0.1) is 0 Å². The quantitative estimate of drug-likeness (QED) is 0.586. The van der Waals surface area contributed by atoms with E-state index in [2.05, 4.69) is 11.9 Å². The SMILES string of the molecule is CCCCCCCC[Te]c1ncccc1O. The number of aromatic hydroxyl groups is 1. The van der Waals surface area contributed by atoms with Crippen LogP contribution in [0.15, 0.2) is 18.3 Å². The van der Waals surface area contributed by atoms with E-state index in [0.717, 1.165) is 3.74 Å². The first-order valence-electron chi connectivity index (χ1n) is 6.11. The Morgan fingerprint density at radius 3 is 2.69 bits per heavy atom. The van der Waals surface area contributed by atoms with Gasteiger partial charge in [-0.1, -0.05) is 0 Å². The van der Waals surface area contributed by atoms with E-state index in [1.54, 1.807) is 18.3 Å². The third-order valence-electron chi connectivity index (χ3n) is 2.49. The van der Waals surface area contributed by atoms with Crippen molar-refractivity contribution in [3.8, 4) is 5.75 Å². The molecule has 1 aromatic rings. The van der Waals surface area contributed by atoms with E-state index in [-0.39, 0.29) is 20.9 Å². The van der Waals surface area contributed by atoms with E-state index in [4.69, 9.17) is 0 Å². The van der Waals surface area contributed by atoms with Crippen molar-refractivity contribution >= 4 is 24.7 Å². The van der Waals surface area contributed by atoms with Gasteiger partial charge in [-0.3, -0.25) is 0 Å². The second-order valence-electron chi connectivity index (χ2n) is 3.94. The molecule has 0 aliphatic rings. The van der Waals surface area contributed by atoms with Crippen molar-refractivity contribution in [1.29, 1.82) is 0 Å². The molecular formula is C13H21NOTe. The van der Waals surface area contributed by atoms with Gasteiger partial charge in [-0.25, -0.2) is 0 Å². The van der Waals surface area contributed by atoms with Gasteiger partial charge in [0, 0.05) is 0 Å². The predicted octanol–water partition coefficient (Wildman–Crippen LogP) is 2.90. The topological polar surface area (TPSA) is 33.1 Å². The molecule has 0 atom stereocenters. The molecule has 0 fully saturated rings. The summed E-state index contributed by atoms with van der Waals surface area (Å²) in [5.41, 5.74) is 0. The van der Waals surface area contributed by atoms with Crippen molar-refractivity contribution in [2.24, 2.45) is 0 Å². The molecule has 0 aliphatic heterocycles. The summed E-state index contributed by atoms with van der Waals surface area (Å²) in [6.07, 6.45) is 9.87. The molecule has 3 heteroatoms. The first kappa shape index (κ1) is 13.8. The van der Waals surface area contributed by atoms with E-state index in [1.165, 1.54) is 43.0 Å². The number of nitrogens with zero attached hydrogens (tertiary/aromatic N) is 1. The standard InChI is InChI=1S/C13H21NOTe/c1-2-3-4-5-6-7-11-16-13-12(15)9-8-10-14-13/h8-10,15H,2-7,11H2,1H3. The van der Waals surface area contributed by atoms with Crippen molar-refractivity contribution in [2.75, 3.05) is 0 Å². The van der Waals surface area contributed by atoms with E-state index in [9.17, 15) is 5.11 Å². The zero-order valence-electron chi connectivity index (χ0n) is 9.98.